The monoisotopic (exact) mass is 439 g/mol. The van der Waals surface area contributed by atoms with Gasteiger partial charge in [0.2, 0.25) is 0 Å². The first-order chi connectivity index (χ1) is 12.9. The molecule has 1 aromatic heterocycles. The SMILES string of the molecule is CC(O[Si](c1ccccc1)(c1ccccc1)C(C)(C)C)c1ncccc1Br. The summed E-state index contributed by atoms with van der Waals surface area (Å²) in [5.41, 5.74) is 0.936. The second-order valence-electron chi connectivity index (χ2n) is 7.79. The number of hydrogen-bond acceptors (Lipinski definition) is 2. The number of hydrogen-bond donors (Lipinski definition) is 0. The van der Waals surface area contributed by atoms with Gasteiger partial charge in [0.15, 0.2) is 0 Å². The molecule has 0 N–H and O–H groups in total. The molecule has 0 bridgehead atoms. The van der Waals surface area contributed by atoms with E-state index in [-0.39, 0.29) is 11.1 Å². The first-order valence-electron chi connectivity index (χ1n) is 9.25. The Hall–Kier alpha value is -1.75. The van der Waals surface area contributed by atoms with E-state index >= 15 is 0 Å². The van der Waals surface area contributed by atoms with Crippen LogP contribution in [0.3, 0.4) is 0 Å². The highest BCUT2D eigenvalue weighted by Gasteiger charge is 2.51. The molecule has 0 aliphatic heterocycles. The number of aromatic nitrogens is 1. The highest BCUT2D eigenvalue weighted by Crippen LogP contribution is 2.40. The molecule has 1 unspecified atom stereocenters. The molecule has 0 aliphatic carbocycles. The third-order valence-corrected chi connectivity index (χ3v) is 10.7. The van der Waals surface area contributed by atoms with Crippen LogP contribution in [-0.2, 0) is 4.43 Å². The molecule has 27 heavy (non-hydrogen) atoms. The molecule has 1 heterocycles. The van der Waals surface area contributed by atoms with Gasteiger partial charge in [-0.05, 0) is 50.4 Å². The first-order valence-corrected chi connectivity index (χ1v) is 12.0. The van der Waals surface area contributed by atoms with E-state index in [9.17, 15) is 0 Å². The van der Waals surface area contributed by atoms with Gasteiger partial charge >= 0.3 is 0 Å². The minimum absolute atomic E-state index is 0.0504. The van der Waals surface area contributed by atoms with Gasteiger partial charge in [-0.2, -0.15) is 0 Å². The van der Waals surface area contributed by atoms with E-state index in [1.54, 1.807) is 0 Å². The summed E-state index contributed by atoms with van der Waals surface area (Å²) in [7, 11) is -2.58. The number of pyridine rings is 1. The highest BCUT2D eigenvalue weighted by atomic mass is 79.9. The smallest absolute Gasteiger partial charge is 0.261 e. The lowest BCUT2D eigenvalue weighted by Crippen LogP contribution is -2.66. The van der Waals surface area contributed by atoms with E-state index in [1.807, 2.05) is 18.3 Å². The summed E-state index contributed by atoms with van der Waals surface area (Å²) in [4.78, 5) is 4.58. The Morgan fingerprint density at radius 1 is 0.852 bits per heavy atom. The second kappa shape index (κ2) is 8.09. The number of halogens is 1. The predicted octanol–water partition coefficient (Wildman–Crippen LogP) is 5.48. The van der Waals surface area contributed by atoms with E-state index in [0.717, 1.165) is 10.2 Å². The molecule has 140 valence electrons. The summed E-state index contributed by atoms with van der Waals surface area (Å²) >= 11 is 3.64. The lowest BCUT2D eigenvalue weighted by Gasteiger charge is -2.44. The molecule has 0 spiro atoms. The van der Waals surface area contributed by atoms with E-state index in [4.69, 9.17) is 4.43 Å². The maximum atomic E-state index is 7.09. The Labute approximate surface area is 171 Å². The summed E-state index contributed by atoms with van der Waals surface area (Å²) in [6.45, 7) is 8.98. The Bertz CT molecular complexity index is 838. The molecule has 0 aliphatic rings. The fourth-order valence-electron chi connectivity index (χ4n) is 3.71. The van der Waals surface area contributed by atoms with Gasteiger partial charge in [-0.3, -0.25) is 4.98 Å². The van der Waals surface area contributed by atoms with Crippen molar-refractivity contribution >= 4 is 34.6 Å². The average molecular weight is 440 g/mol. The van der Waals surface area contributed by atoms with Crippen LogP contribution >= 0.6 is 15.9 Å². The van der Waals surface area contributed by atoms with Crippen LogP contribution in [0, 0.1) is 0 Å². The molecule has 2 aromatic carbocycles. The zero-order valence-electron chi connectivity index (χ0n) is 16.3. The zero-order valence-corrected chi connectivity index (χ0v) is 18.9. The molecule has 0 amide bonds. The van der Waals surface area contributed by atoms with Gasteiger partial charge in [-0.25, -0.2) is 0 Å². The van der Waals surface area contributed by atoms with Gasteiger partial charge in [-0.1, -0.05) is 81.4 Å². The van der Waals surface area contributed by atoms with Crippen molar-refractivity contribution in [2.45, 2.75) is 38.8 Å². The summed E-state index contributed by atoms with van der Waals surface area (Å²) in [5, 5.41) is 2.51. The lowest BCUT2D eigenvalue weighted by molar-refractivity contribution is 0.205. The van der Waals surface area contributed by atoms with Gasteiger partial charge in [-0.15, -0.1) is 0 Å². The van der Waals surface area contributed by atoms with Crippen molar-refractivity contribution in [3.63, 3.8) is 0 Å². The van der Waals surface area contributed by atoms with Crippen LogP contribution in [0.4, 0.5) is 0 Å². The van der Waals surface area contributed by atoms with Crippen LogP contribution < -0.4 is 10.4 Å². The third-order valence-electron chi connectivity index (χ3n) is 4.94. The minimum Gasteiger partial charge on any atom is -0.399 e. The Balaban J connectivity index is 2.19. The fourth-order valence-corrected chi connectivity index (χ4v) is 8.94. The number of nitrogens with zero attached hydrogens (tertiary/aromatic N) is 1. The van der Waals surface area contributed by atoms with Crippen molar-refractivity contribution in [3.8, 4) is 0 Å². The Morgan fingerprint density at radius 3 is 1.81 bits per heavy atom. The van der Waals surface area contributed by atoms with E-state index < -0.39 is 8.32 Å². The zero-order chi connectivity index (χ0) is 19.5. The molecular formula is C23H26BrNOSi. The fraction of sp³-hybridized carbons (Fsp3) is 0.261. The highest BCUT2D eigenvalue weighted by molar-refractivity contribution is 9.10. The van der Waals surface area contributed by atoms with E-state index in [0.29, 0.717) is 0 Å². The molecule has 4 heteroatoms. The van der Waals surface area contributed by atoms with Crippen molar-refractivity contribution in [2.75, 3.05) is 0 Å². The van der Waals surface area contributed by atoms with Crippen LogP contribution in [0.15, 0.2) is 83.5 Å². The van der Waals surface area contributed by atoms with Crippen LogP contribution in [0.2, 0.25) is 5.04 Å². The van der Waals surface area contributed by atoms with Crippen molar-refractivity contribution in [3.05, 3.63) is 89.2 Å². The van der Waals surface area contributed by atoms with Gasteiger partial charge < -0.3 is 4.43 Å². The minimum atomic E-state index is -2.58. The van der Waals surface area contributed by atoms with E-state index in [2.05, 4.69) is 109 Å². The predicted molar refractivity (Wildman–Crippen MR) is 119 cm³/mol. The van der Waals surface area contributed by atoms with Crippen LogP contribution in [-0.4, -0.2) is 13.3 Å². The molecule has 2 nitrogen and oxygen atoms in total. The normalized spacial score (nSPS) is 13.4. The summed E-state index contributed by atoms with van der Waals surface area (Å²) in [5.74, 6) is 0. The van der Waals surface area contributed by atoms with Crippen LogP contribution in [0.1, 0.15) is 39.5 Å². The van der Waals surface area contributed by atoms with Gasteiger partial charge in [0, 0.05) is 10.7 Å². The molecule has 0 saturated carbocycles. The molecule has 0 fully saturated rings. The van der Waals surface area contributed by atoms with Gasteiger partial charge in [0.05, 0.1) is 11.8 Å². The molecule has 0 radical (unpaired) electrons. The molecule has 1 atom stereocenters. The first kappa shape index (κ1) is 20.0. The largest absolute Gasteiger partial charge is 0.399 e. The van der Waals surface area contributed by atoms with Gasteiger partial charge in [0.25, 0.3) is 8.32 Å². The van der Waals surface area contributed by atoms with Crippen molar-refractivity contribution in [1.29, 1.82) is 0 Å². The molecule has 0 saturated heterocycles. The topological polar surface area (TPSA) is 22.1 Å². The van der Waals surface area contributed by atoms with E-state index in [1.165, 1.54) is 10.4 Å². The van der Waals surface area contributed by atoms with Crippen molar-refractivity contribution in [2.24, 2.45) is 0 Å². The standard InChI is InChI=1S/C23H26BrNOSi/c1-18(22-21(24)16-11-17-25-22)26-27(23(2,3)4,19-12-7-5-8-13-19)20-14-9-6-10-15-20/h5-18H,1-4H3. The quantitative estimate of drug-likeness (QED) is 0.490. The molecule has 3 aromatic rings. The summed E-state index contributed by atoms with van der Waals surface area (Å²) < 4.78 is 8.07. The maximum Gasteiger partial charge on any atom is 0.261 e. The van der Waals surface area contributed by atoms with Crippen LogP contribution in [0.5, 0.6) is 0 Å². The number of benzene rings is 2. The molecule has 3 rings (SSSR count). The summed E-state index contributed by atoms with van der Waals surface area (Å²) in [6.07, 6.45) is 1.69. The van der Waals surface area contributed by atoms with Crippen molar-refractivity contribution < 1.29 is 4.43 Å². The van der Waals surface area contributed by atoms with Crippen molar-refractivity contribution in [1.82, 2.24) is 4.98 Å². The third kappa shape index (κ3) is 3.93. The van der Waals surface area contributed by atoms with Gasteiger partial charge in [0.1, 0.15) is 0 Å². The maximum absolute atomic E-state index is 7.09. The second-order valence-corrected chi connectivity index (χ2v) is 12.9. The lowest BCUT2D eigenvalue weighted by atomic mass is 10.2. The van der Waals surface area contributed by atoms with Crippen LogP contribution in [0.25, 0.3) is 0 Å². The number of rotatable bonds is 5. The molecular weight excluding hydrogens is 414 g/mol. The Kier molecular flexibility index (Phi) is 5.99. The summed E-state index contributed by atoms with van der Waals surface area (Å²) in [6, 6.07) is 25.4. The Morgan fingerprint density at radius 2 is 1.37 bits per heavy atom. The average Bonchev–Trinajstić information content (AvgIpc) is 2.66.